The van der Waals surface area contributed by atoms with E-state index in [2.05, 4.69) is 5.32 Å². The van der Waals surface area contributed by atoms with Crippen molar-refractivity contribution < 1.29 is 33.8 Å². The SMILES string of the molecule is Cc1cccc(Cl)c1N1CC=C[C@]23O[C@@H]4/C=C\CCC(=O)NC[C@@H](c5ccccc5)OC(=O)[C@@H]4[C@H]2C(=O)N([C@@H](CO)Cc2ccccc2)[C@@H]3C1=O. The normalized spacial score (nSPS) is 29.1. The second-order valence-corrected chi connectivity index (χ2v) is 13.9. The monoisotopic (exact) mass is 709 g/mol. The number of benzene rings is 3. The van der Waals surface area contributed by atoms with Crippen molar-refractivity contribution in [1.82, 2.24) is 10.2 Å². The minimum atomic E-state index is -1.59. The van der Waals surface area contributed by atoms with Crippen molar-refractivity contribution in [2.75, 3.05) is 24.6 Å². The lowest BCUT2D eigenvalue weighted by atomic mass is 9.77. The summed E-state index contributed by atoms with van der Waals surface area (Å²) in [4.78, 5) is 60.3. The molecule has 0 bridgehead atoms. The summed E-state index contributed by atoms with van der Waals surface area (Å²) in [6.07, 6.45) is 6.07. The number of para-hydroxylation sites is 1. The predicted molar refractivity (Wildman–Crippen MR) is 191 cm³/mol. The van der Waals surface area contributed by atoms with E-state index >= 15 is 9.59 Å². The third-order valence-electron chi connectivity index (χ3n) is 10.4. The Morgan fingerprint density at radius 1 is 0.961 bits per heavy atom. The van der Waals surface area contributed by atoms with Crippen LogP contribution in [0.4, 0.5) is 5.69 Å². The maximum atomic E-state index is 15.1. The van der Waals surface area contributed by atoms with E-state index in [0.29, 0.717) is 22.7 Å². The fourth-order valence-corrected chi connectivity index (χ4v) is 8.37. The van der Waals surface area contributed by atoms with Crippen molar-refractivity contribution in [2.24, 2.45) is 11.8 Å². The van der Waals surface area contributed by atoms with Gasteiger partial charge < -0.3 is 29.7 Å². The highest BCUT2D eigenvalue weighted by atomic mass is 35.5. The van der Waals surface area contributed by atoms with Crippen molar-refractivity contribution >= 4 is 41.0 Å². The van der Waals surface area contributed by atoms with Crippen molar-refractivity contribution in [3.05, 3.63) is 125 Å². The predicted octanol–water partition coefficient (Wildman–Crippen LogP) is 4.49. The number of carbonyl (C=O) groups excluding carboxylic acids is 4. The summed E-state index contributed by atoms with van der Waals surface area (Å²) in [6.45, 7) is 1.61. The van der Waals surface area contributed by atoms with Crippen LogP contribution in [0.1, 0.15) is 35.6 Å². The van der Waals surface area contributed by atoms with E-state index in [1.165, 1.54) is 4.90 Å². The molecule has 2 fully saturated rings. The molecule has 4 heterocycles. The first-order valence-corrected chi connectivity index (χ1v) is 17.7. The Kier molecular flexibility index (Phi) is 9.83. The molecular weight excluding hydrogens is 670 g/mol. The second-order valence-electron chi connectivity index (χ2n) is 13.5. The molecule has 0 saturated carbocycles. The lowest BCUT2D eigenvalue weighted by Crippen LogP contribution is -2.58. The number of hydrogen-bond acceptors (Lipinski definition) is 7. The van der Waals surface area contributed by atoms with Gasteiger partial charge in [0, 0.05) is 13.0 Å². The first kappa shape index (κ1) is 34.7. The summed E-state index contributed by atoms with van der Waals surface area (Å²) in [5.41, 5.74) is 1.24. The number of carbonyl (C=O) groups is 4. The average Bonchev–Trinajstić information content (AvgIpc) is 3.53. The minimum absolute atomic E-state index is 0.0449. The van der Waals surface area contributed by atoms with Crippen LogP contribution in [0.25, 0.3) is 0 Å². The molecular formula is C40H40ClN3O7. The molecule has 10 nitrogen and oxygen atoms in total. The molecule has 51 heavy (non-hydrogen) atoms. The molecule has 3 amide bonds. The largest absolute Gasteiger partial charge is 0.455 e. The minimum Gasteiger partial charge on any atom is -0.455 e. The number of aliphatic hydroxyl groups excluding tert-OH is 1. The number of anilines is 1. The zero-order valence-electron chi connectivity index (χ0n) is 28.2. The molecule has 7 rings (SSSR count). The fraction of sp³-hybridized carbons (Fsp3) is 0.350. The molecule has 4 aliphatic heterocycles. The quantitative estimate of drug-likeness (QED) is 0.286. The summed E-state index contributed by atoms with van der Waals surface area (Å²) in [7, 11) is 0. The zero-order valence-corrected chi connectivity index (χ0v) is 28.9. The lowest BCUT2D eigenvalue weighted by Gasteiger charge is -2.39. The molecule has 7 atom stereocenters. The Morgan fingerprint density at radius 3 is 2.43 bits per heavy atom. The Bertz CT molecular complexity index is 1850. The summed E-state index contributed by atoms with van der Waals surface area (Å²) in [6, 6.07) is 21.9. The van der Waals surface area contributed by atoms with Crippen LogP contribution >= 0.6 is 11.6 Å². The van der Waals surface area contributed by atoms with Gasteiger partial charge in [-0.3, -0.25) is 19.2 Å². The molecule has 0 unspecified atom stereocenters. The molecule has 0 aliphatic carbocycles. The number of nitrogens with zero attached hydrogens (tertiary/aromatic N) is 2. The summed E-state index contributed by atoms with van der Waals surface area (Å²) >= 11 is 6.71. The van der Waals surface area contributed by atoms with Gasteiger partial charge in [-0.15, -0.1) is 0 Å². The molecule has 11 heteroatoms. The van der Waals surface area contributed by atoms with Gasteiger partial charge in [0.15, 0.2) is 0 Å². The van der Waals surface area contributed by atoms with Crippen LogP contribution in [-0.4, -0.2) is 77.2 Å². The number of hydrogen-bond donors (Lipinski definition) is 2. The number of nitrogens with one attached hydrogen (secondary N) is 1. The average molecular weight is 710 g/mol. The maximum Gasteiger partial charge on any atom is 0.313 e. The Morgan fingerprint density at radius 2 is 1.71 bits per heavy atom. The van der Waals surface area contributed by atoms with E-state index in [1.54, 1.807) is 41.3 Å². The van der Waals surface area contributed by atoms with Crippen LogP contribution in [0.3, 0.4) is 0 Å². The first-order chi connectivity index (χ1) is 24.7. The van der Waals surface area contributed by atoms with E-state index in [-0.39, 0.29) is 31.8 Å². The molecule has 0 radical (unpaired) electrons. The van der Waals surface area contributed by atoms with Crippen LogP contribution < -0.4 is 10.2 Å². The number of halogens is 1. The molecule has 3 aromatic rings. The van der Waals surface area contributed by atoms with Gasteiger partial charge in [-0.2, -0.15) is 0 Å². The van der Waals surface area contributed by atoms with Crippen LogP contribution in [-0.2, 0) is 35.1 Å². The topological polar surface area (TPSA) is 125 Å². The Balaban J connectivity index is 1.35. The number of fused-ring (bicyclic) bond motifs is 2. The third kappa shape index (κ3) is 6.37. The Labute approximate surface area is 301 Å². The number of rotatable bonds is 6. The first-order valence-electron chi connectivity index (χ1n) is 17.3. The van der Waals surface area contributed by atoms with Crippen LogP contribution in [0.2, 0.25) is 5.02 Å². The maximum absolute atomic E-state index is 15.1. The van der Waals surface area contributed by atoms with Gasteiger partial charge in [-0.1, -0.05) is 109 Å². The van der Waals surface area contributed by atoms with Crippen LogP contribution in [0.15, 0.2) is 103 Å². The van der Waals surface area contributed by atoms with E-state index in [1.807, 2.05) is 73.7 Å². The van der Waals surface area contributed by atoms with E-state index in [0.717, 1.165) is 11.1 Å². The standard InChI is InChI=1S/C40H40ClN3O7/c1-25-12-10-17-29(41)35(25)43-21-11-20-40-34(37(47)44(36(40)38(43)48)28(24-45)22-26-13-4-2-5-14-26)33-30(51-40)18-8-9-19-32(46)42-23-31(50-39(33)49)27-15-6-3-7-16-27/h2-8,10-18,20,28,30-31,33-34,36,45H,9,19,21-24H2,1H3,(H,42,46)/b18-8-/t28-,30-,31+,33+,34+,36-,40+/m1/s1. The van der Waals surface area contributed by atoms with Crippen molar-refractivity contribution in [3.63, 3.8) is 0 Å². The molecule has 264 valence electrons. The van der Waals surface area contributed by atoms with Gasteiger partial charge in [0.25, 0.3) is 5.91 Å². The number of likely N-dealkylation sites (tertiary alicyclic amines) is 1. The number of ether oxygens (including phenoxy) is 2. The number of allylic oxidation sites excluding steroid dienone is 1. The van der Waals surface area contributed by atoms with Crippen molar-refractivity contribution in [2.45, 2.75) is 56.1 Å². The fourth-order valence-electron chi connectivity index (χ4n) is 8.04. The molecule has 4 aliphatic rings. The summed E-state index contributed by atoms with van der Waals surface area (Å²) in [5, 5.41) is 14.1. The molecule has 1 spiro atoms. The van der Waals surface area contributed by atoms with Gasteiger partial charge in [0.2, 0.25) is 11.8 Å². The zero-order chi connectivity index (χ0) is 35.7. The van der Waals surface area contributed by atoms with E-state index in [4.69, 9.17) is 21.1 Å². The van der Waals surface area contributed by atoms with Crippen LogP contribution in [0.5, 0.6) is 0 Å². The third-order valence-corrected chi connectivity index (χ3v) is 10.7. The smallest absolute Gasteiger partial charge is 0.313 e. The van der Waals surface area contributed by atoms with E-state index < -0.39 is 66.1 Å². The molecule has 0 aromatic heterocycles. The number of cyclic esters (lactones) is 1. The van der Waals surface area contributed by atoms with Gasteiger partial charge >= 0.3 is 5.97 Å². The summed E-state index contributed by atoms with van der Waals surface area (Å²) in [5.74, 6) is -4.09. The number of amides is 3. The second kappa shape index (κ2) is 14.5. The number of esters is 1. The Hall–Kier alpha value is -4.77. The van der Waals surface area contributed by atoms with Gasteiger partial charge in [-0.05, 0) is 42.5 Å². The molecule has 2 saturated heterocycles. The number of aliphatic hydroxyl groups is 1. The summed E-state index contributed by atoms with van der Waals surface area (Å²) < 4.78 is 13.0. The van der Waals surface area contributed by atoms with Gasteiger partial charge in [0.1, 0.15) is 23.7 Å². The lowest BCUT2D eigenvalue weighted by molar-refractivity contribution is -0.160. The highest BCUT2D eigenvalue weighted by Crippen LogP contribution is 2.54. The van der Waals surface area contributed by atoms with Gasteiger partial charge in [0.05, 0.1) is 41.9 Å². The van der Waals surface area contributed by atoms with Gasteiger partial charge in [-0.25, -0.2) is 0 Å². The van der Waals surface area contributed by atoms with Crippen LogP contribution in [0, 0.1) is 18.8 Å². The van der Waals surface area contributed by atoms with Crippen molar-refractivity contribution in [1.29, 1.82) is 0 Å². The number of aryl methyl sites for hydroxylation is 1. The molecule has 2 N–H and O–H groups in total. The molecule has 3 aromatic carbocycles. The van der Waals surface area contributed by atoms with Crippen molar-refractivity contribution in [3.8, 4) is 0 Å². The highest BCUT2D eigenvalue weighted by Gasteiger charge is 2.72. The highest BCUT2D eigenvalue weighted by molar-refractivity contribution is 6.34. The van der Waals surface area contributed by atoms with E-state index in [9.17, 15) is 14.7 Å².